The molecule has 3 N–H and O–H groups in total. The van der Waals surface area contributed by atoms with Gasteiger partial charge in [-0.1, -0.05) is 28.5 Å². The van der Waals surface area contributed by atoms with Gasteiger partial charge in [-0.2, -0.15) is 0 Å². The molecular weight excluding hydrogens is 272 g/mol. The van der Waals surface area contributed by atoms with Crippen LogP contribution in [0.4, 0.5) is 0 Å². The molecule has 0 bridgehead atoms. The molecule has 10 heteroatoms. The summed E-state index contributed by atoms with van der Waals surface area (Å²) in [5.41, 5.74) is 0.0640. The lowest BCUT2D eigenvalue weighted by molar-refractivity contribution is -0.118. The quantitative estimate of drug-likeness (QED) is 0.282. The zero-order valence-electron chi connectivity index (χ0n) is 8.46. The van der Waals surface area contributed by atoms with Crippen molar-refractivity contribution < 1.29 is 19.7 Å². The van der Waals surface area contributed by atoms with Crippen molar-refractivity contribution in [1.82, 2.24) is 15.6 Å². The molecule has 1 amide bonds. The summed E-state index contributed by atoms with van der Waals surface area (Å²) in [4.78, 5) is 11.2. The molecule has 0 atom stereocenters. The van der Waals surface area contributed by atoms with Crippen LogP contribution in [0.1, 0.15) is 5.69 Å². The Balaban J connectivity index is 2.52. The fraction of sp³-hybridized carbons (Fsp3) is 0.429. The highest BCUT2D eigenvalue weighted by molar-refractivity contribution is 8.00. The molecule has 0 radical (unpaired) electrons. The average molecular weight is 281 g/mol. The Labute approximate surface area is 105 Å². The van der Waals surface area contributed by atoms with Gasteiger partial charge in [-0.05, 0) is 10.3 Å². The Morgan fingerprint density at radius 3 is 3.00 bits per heavy atom. The highest BCUT2D eigenvalue weighted by Gasteiger charge is 2.16. The first-order valence-electron chi connectivity index (χ1n) is 4.40. The Hall–Kier alpha value is -1.32. The topological polar surface area (TPSA) is 121 Å². The zero-order valence-corrected chi connectivity index (χ0v) is 10.0. The molecule has 17 heavy (non-hydrogen) atoms. The van der Waals surface area contributed by atoms with E-state index in [1.54, 1.807) is 0 Å². The Kier molecular flexibility index (Phi) is 5.73. The van der Waals surface area contributed by atoms with Gasteiger partial charge in [-0.25, -0.2) is 4.63 Å². The van der Waals surface area contributed by atoms with E-state index < -0.39 is 0 Å². The maximum Gasteiger partial charge on any atom is 0.230 e. The van der Waals surface area contributed by atoms with E-state index in [0.717, 1.165) is 11.8 Å². The molecule has 0 saturated carbocycles. The Morgan fingerprint density at radius 2 is 2.35 bits per heavy atom. The second kappa shape index (κ2) is 7.09. The van der Waals surface area contributed by atoms with Gasteiger partial charge in [0.05, 0.1) is 12.4 Å². The molecule has 1 aromatic rings. The third-order valence-corrected chi connectivity index (χ3v) is 2.72. The summed E-state index contributed by atoms with van der Waals surface area (Å²) in [5.74, 6) is -0.230. The maximum atomic E-state index is 11.2. The van der Waals surface area contributed by atoms with Crippen molar-refractivity contribution in [3.63, 3.8) is 0 Å². The summed E-state index contributed by atoms with van der Waals surface area (Å²) >= 11 is 6.55. The van der Waals surface area contributed by atoms with Gasteiger partial charge >= 0.3 is 0 Å². The van der Waals surface area contributed by atoms with E-state index in [-0.39, 0.29) is 40.7 Å². The van der Waals surface area contributed by atoms with E-state index in [2.05, 4.69) is 25.4 Å². The van der Waals surface area contributed by atoms with Gasteiger partial charge in [0.1, 0.15) is 0 Å². The molecule has 0 aliphatic carbocycles. The smallest absolute Gasteiger partial charge is 0.230 e. The van der Waals surface area contributed by atoms with E-state index in [1.165, 1.54) is 0 Å². The lowest BCUT2D eigenvalue weighted by atomic mass is 10.5. The molecule has 0 unspecified atom stereocenters. The van der Waals surface area contributed by atoms with Gasteiger partial charge in [0.2, 0.25) is 5.91 Å². The van der Waals surface area contributed by atoms with Crippen molar-refractivity contribution in [1.29, 1.82) is 0 Å². The van der Waals surface area contributed by atoms with Crippen LogP contribution in [0.3, 0.4) is 0 Å². The molecular formula is C7H9ClN4O4S. The first-order chi connectivity index (χ1) is 8.19. The Morgan fingerprint density at radius 1 is 1.59 bits per heavy atom. The van der Waals surface area contributed by atoms with Crippen molar-refractivity contribution in [3.8, 4) is 0 Å². The molecule has 0 aromatic carbocycles. The highest BCUT2D eigenvalue weighted by atomic mass is 35.5. The van der Waals surface area contributed by atoms with Crippen LogP contribution >= 0.6 is 23.4 Å². The van der Waals surface area contributed by atoms with Gasteiger partial charge in [0, 0.05) is 6.54 Å². The summed E-state index contributed by atoms with van der Waals surface area (Å²) < 4.78 is 4.41. The summed E-state index contributed by atoms with van der Waals surface area (Å²) in [6.07, 6.45) is 0. The normalized spacial score (nSPS) is 11.5. The van der Waals surface area contributed by atoms with Crippen molar-refractivity contribution in [2.45, 2.75) is 5.03 Å². The van der Waals surface area contributed by atoms with E-state index >= 15 is 0 Å². The van der Waals surface area contributed by atoms with Crippen molar-refractivity contribution in [3.05, 3.63) is 5.69 Å². The number of carbonyl (C=O) groups excluding carboxylic acids is 1. The molecule has 1 rings (SSSR count). The number of amides is 1. The largest absolute Gasteiger partial charge is 0.410 e. The number of oxime groups is 1. The number of nitrogens with zero attached hydrogens (tertiary/aromatic N) is 3. The number of carbonyl (C=O) groups is 1. The van der Waals surface area contributed by atoms with Gasteiger partial charge in [-0.15, -0.1) is 0 Å². The number of aliphatic hydroxyl groups excluding tert-OH is 1. The number of hydrogen-bond acceptors (Lipinski definition) is 8. The van der Waals surface area contributed by atoms with Crippen LogP contribution < -0.4 is 5.32 Å². The molecule has 0 aliphatic rings. The van der Waals surface area contributed by atoms with Gasteiger partial charge in [0.25, 0.3) is 0 Å². The number of hydrogen-bond donors (Lipinski definition) is 3. The number of aromatic nitrogens is 2. The van der Waals surface area contributed by atoms with Crippen LogP contribution in [0.15, 0.2) is 14.8 Å². The second-order valence-electron chi connectivity index (χ2n) is 2.67. The molecule has 0 fully saturated rings. The summed E-state index contributed by atoms with van der Waals surface area (Å²) in [5, 5.41) is 29.1. The number of thioether (sulfide) groups is 1. The summed E-state index contributed by atoms with van der Waals surface area (Å²) in [6, 6.07) is 0. The minimum absolute atomic E-state index is 0.0524. The third kappa shape index (κ3) is 4.21. The number of halogens is 1. The predicted octanol–water partition coefficient (Wildman–Crippen LogP) is -0.355. The zero-order chi connectivity index (χ0) is 12.7. The Bertz CT molecular complexity index is 410. The van der Waals surface area contributed by atoms with Crippen LogP contribution in [-0.4, -0.2) is 50.6 Å². The summed E-state index contributed by atoms with van der Waals surface area (Å²) in [6.45, 7) is 0.0539. The lowest BCUT2D eigenvalue weighted by Crippen LogP contribution is -2.27. The van der Waals surface area contributed by atoms with E-state index in [1.807, 2.05) is 0 Å². The molecule has 0 saturated heterocycles. The predicted molar refractivity (Wildman–Crippen MR) is 59.3 cm³/mol. The van der Waals surface area contributed by atoms with Gasteiger partial charge in [-0.3, -0.25) is 4.79 Å². The lowest BCUT2D eigenvalue weighted by Gasteiger charge is -2.00. The number of aliphatic hydroxyl groups is 1. The fourth-order valence-electron chi connectivity index (χ4n) is 0.829. The number of nitrogens with one attached hydrogen (secondary N) is 1. The first kappa shape index (κ1) is 13.7. The second-order valence-corrected chi connectivity index (χ2v) is 3.99. The van der Waals surface area contributed by atoms with Crippen LogP contribution in [0.25, 0.3) is 0 Å². The molecule has 0 spiro atoms. The van der Waals surface area contributed by atoms with Gasteiger partial charge < -0.3 is 15.6 Å². The van der Waals surface area contributed by atoms with Crippen LogP contribution in [-0.2, 0) is 4.79 Å². The molecule has 1 aromatic heterocycles. The van der Waals surface area contributed by atoms with Crippen molar-refractivity contribution >= 4 is 34.4 Å². The monoisotopic (exact) mass is 280 g/mol. The van der Waals surface area contributed by atoms with Crippen molar-refractivity contribution in [2.24, 2.45) is 5.16 Å². The van der Waals surface area contributed by atoms with E-state index in [9.17, 15) is 4.79 Å². The van der Waals surface area contributed by atoms with E-state index in [0.29, 0.717) is 0 Å². The molecule has 94 valence electrons. The summed E-state index contributed by atoms with van der Waals surface area (Å²) in [7, 11) is 0. The minimum atomic E-state index is -0.282. The molecule has 8 nitrogen and oxygen atoms in total. The minimum Gasteiger partial charge on any atom is -0.410 e. The number of rotatable bonds is 6. The van der Waals surface area contributed by atoms with Crippen LogP contribution in [0, 0.1) is 0 Å². The third-order valence-electron chi connectivity index (χ3n) is 1.52. The first-order valence-corrected chi connectivity index (χ1v) is 5.76. The van der Waals surface area contributed by atoms with Gasteiger partial charge in [0.15, 0.2) is 15.9 Å². The standard InChI is InChI=1S/C7H9ClN4O4S/c8-6(10-15)5-7(12-16-11-5)17-3-4(14)9-1-2-13/h13,15H,1-3H2,(H,9,14). The van der Waals surface area contributed by atoms with E-state index in [4.69, 9.17) is 21.9 Å². The van der Waals surface area contributed by atoms with Crippen LogP contribution in [0.2, 0.25) is 0 Å². The van der Waals surface area contributed by atoms with Crippen molar-refractivity contribution in [2.75, 3.05) is 18.9 Å². The SMILES string of the molecule is O=C(CSc1nonc1C(Cl)=NO)NCCO. The molecule has 0 aliphatic heterocycles. The molecule has 1 heterocycles. The van der Waals surface area contributed by atoms with Crippen LogP contribution in [0.5, 0.6) is 0 Å². The maximum absolute atomic E-state index is 11.2. The fourth-order valence-corrected chi connectivity index (χ4v) is 1.74. The highest BCUT2D eigenvalue weighted by Crippen LogP contribution is 2.20. The average Bonchev–Trinajstić information content (AvgIpc) is 2.81.